The molecule has 2 aliphatic carbocycles. The lowest BCUT2D eigenvalue weighted by Gasteiger charge is -2.28. The van der Waals surface area contributed by atoms with Crippen LogP contribution in [0, 0.1) is 17.8 Å². The molecule has 39 heavy (non-hydrogen) atoms. The first-order chi connectivity index (χ1) is 19.0. The number of hydrogen-bond acceptors (Lipinski definition) is 4. The maximum Gasteiger partial charge on any atom is 0.256 e. The first-order valence-electron chi connectivity index (χ1n) is 14.7. The average Bonchev–Trinajstić information content (AvgIpc) is 3.39. The van der Waals surface area contributed by atoms with E-state index < -0.39 is 5.54 Å². The van der Waals surface area contributed by atoms with Crippen molar-refractivity contribution in [1.82, 2.24) is 14.8 Å². The number of likely N-dealkylation sites (tertiary alicyclic amines) is 1. The van der Waals surface area contributed by atoms with Crippen LogP contribution < -0.4 is 0 Å². The monoisotopic (exact) mass is 520 g/mol. The van der Waals surface area contributed by atoms with Gasteiger partial charge in [0.1, 0.15) is 11.4 Å². The molecule has 2 aliphatic heterocycles. The van der Waals surface area contributed by atoms with E-state index >= 15 is 0 Å². The lowest BCUT2D eigenvalue weighted by molar-refractivity contribution is -0.132. The molecule has 2 amide bonds. The predicted octanol–water partition coefficient (Wildman–Crippen LogP) is 5.70. The molecule has 2 saturated carbocycles. The zero-order valence-corrected chi connectivity index (χ0v) is 22.7. The Labute approximate surface area is 230 Å². The number of pyridine rings is 1. The minimum Gasteiger partial charge on any atom is -0.342 e. The van der Waals surface area contributed by atoms with Crippen molar-refractivity contribution in [2.24, 2.45) is 22.7 Å². The van der Waals surface area contributed by atoms with Gasteiger partial charge in [-0.05, 0) is 72.6 Å². The molecule has 0 bridgehead atoms. The molecular formula is C33H36N4O2. The van der Waals surface area contributed by atoms with Gasteiger partial charge in [0.25, 0.3) is 5.91 Å². The molecule has 0 radical (unpaired) electrons. The Morgan fingerprint density at radius 1 is 0.974 bits per heavy atom. The summed E-state index contributed by atoms with van der Waals surface area (Å²) in [6.07, 6.45) is 10.7. The highest BCUT2D eigenvalue weighted by molar-refractivity contribution is 6.15. The first kappa shape index (κ1) is 24.5. The molecule has 3 fully saturated rings. The van der Waals surface area contributed by atoms with Gasteiger partial charge in [-0.1, -0.05) is 56.2 Å². The summed E-state index contributed by atoms with van der Waals surface area (Å²) in [7, 11) is 0. The quantitative estimate of drug-likeness (QED) is 0.419. The van der Waals surface area contributed by atoms with E-state index in [-0.39, 0.29) is 11.8 Å². The SMILES string of the molecule is CC(CN1C(=O)C2(CCCC2)N=C1c1ccc(-c2ccc3cnccc3c2)cc1)C1CCN(C(=O)C2CC2)C1. The highest BCUT2D eigenvalue weighted by atomic mass is 16.2. The molecule has 6 heteroatoms. The van der Waals surface area contributed by atoms with E-state index in [1.807, 2.05) is 23.4 Å². The van der Waals surface area contributed by atoms with Crippen molar-refractivity contribution in [1.29, 1.82) is 0 Å². The first-order valence-corrected chi connectivity index (χ1v) is 14.7. The van der Waals surface area contributed by atoms with Gasteiger partial charge in [0, 0.05) is 48.9 Å². The van der Waals surface area contributed by atoms with Crippen molar-refractivity contribution in [2.75, 3.05) is 19.6 Å². The Morgan fingerprint density at radius 3 is 2.49 bits per heavy atom. The number of hydrogen-bond donors (Lipinski definition) is 0. The topological polar surface area (TPSA) is 65.9 Å². The minimum absolute atomic E-state index is 0.179. The summed E-state index contributed by atoms with van der Waals surface area (Å²) in [4.78, 5) is 39.9. The predicted molar refractivity (Wildman–Crippen MR) is 153 cm³/mol. The third-order valence-electron chi connectivity index (χ3n) is 9.50. The lowest BCUT2D eigenvalue weighted by Crippen LogP contribution is -2.44. The van der Waals surface area contributed by atoms with Crippen molar-refractivity contribution in [3.63, 3.8) is 0 Å². The largest absolute Gasteiger partial charge is 0.342 e. The molecule has 2 unspecified atom stereocenters. The van der Waals surface area contributed by atoms with Gasteiger partial charge in [-0.3, -0.25) is 24.5 Å². The number of amidine groups is 1. The van der Waals surface area contributed by atoms with Crippen LogP contribution in [0.15, 0.2) is 65.9 Å². The summed E-state index contributed by atoms with van der Waals surface area (Å²) in [5.74, 6) is 2.35. The molecule has 3 heterocycles. The van der Waals surface area contributed by atoms with Gasteiger partial charge < -0.3 is 4.90 Å². The number of aliphatic imine (C=N–C) groups is 1. The fraction of sp³-hybridized carbons (Fsp3) is 0.455. The zero-order valence-electron chi connectivity index (χ0n) is 22.7. The van der Waals surface area contributed by atoms with Gasteiger partial charge in [0.15, 0.2) is 0 Å². The Bertz CT molecular complexity index is 1450. The number of nitrogens with zero attached hydrogens (tertiary/aromatic N) is 4. The maximum absolute atomic E-state index is 13.9. The Hall–Kier alpha value is -3.54. The number of benzene rings is 2. The van der Waals surface area contributed by atoms with Crippen molar-refractivity contribution < 1.29 is 9.59 Å². The molecule has 2 atom stereocenters. The Balaban J connectivity index is 1.13. The summed E-state index contributed by atoms with van der Waals surface area (Å²) >= 11 is 0. The van der Waals surface area contributed by atoms with Crippen LogP contribution >= 0.6 is 0 Å². The molecule has 1 saturated heterocycles. The smallest absolute Gasteiger partial charge is 0.256 e. The molecule has 4 aliphatic rings. The van der Waals surface area contributed by atoms with Crippen LogP contribution in [-0.4, -0.2) is 57.6 Å². The van der Waals surface area contributed by atoms with Crippen LogP contribution in [0.2, 0.25) is 0 Å². The number of amides is 2. The molecule has 2 aromatic carbocycles. The van der Waals surface area contributed by atoms with Gasteiger partial charge in [-0.2, -0.15) is 0 Å². The summed E-state index contributed by atoms with van der Waals surface area (Å²) in [5, 5.41) is 2.30. The number of rotatable bonds is 6. The van der Waals surface area contributed by atoms with Crippen LogP contribution in [0.5, 0.6) is 0 Å². The van der Waals surface area contributed by atoms with E-state index in [0.29, 0.717) is 24.3 Å². The number of carbonyl (C=O) groups is 2. The van der Waals surface area contributed by atoms with E-state index in [1.165, 1.54) is 5.39 Å². The molecule has 1 spiro atoms. The normalized spacial score (nSPS) is 23.2. The van der Waals surface area contributed by atoms with Crippen LogP contribution in [0.25, 0.3) is 21.9 Å². The molecule has 3 aromatic rings. The summed E-state index contributed by atoms with van der Waals surface area (Å²) in [5.41, 5.74) is 2.73. The molecule has 1 aromatic heterocycles. The highest BCUT2D eigenvalue weighted by Crippen LogP contribution is 2.41. The van der Waals surface area contributed by atoms with E-state index in [1.54, 1.807) is 0 Å². The minimum atomic E-state index is -0.580. The summed E-state index contributed by atoms with van der Waals surface area (Å²) in [6, 6.07) is 17.0. The zero-order chi connectivity index (χ0) is 26.6. The second kappa shape index (κ2) is 9.58. The number of fused-ring (bicyclic) bond motifs is 1. The molecular weight excluding hydrogens is 484 g/mol. The van der Waals surface area contributed by atoms with Crippen molar-refractivity contribution in [2.45, 2.75) is 57.4 Å². The van der Waals surface area contributed by atoms with Gasteiger partial charge in [0.05, 0.1) is 0 Å². The fourth-order valence-corrected chi connectivity index (χ4v) is 6.89. The van der Waals surface area contributed by atoms with Crippen LogP contribution in [0.4, 0.5) is 0 Å². The summed E-state index contributed by atoms with van der Waals surface area (Å²) in [6.45, 7) is 4.59. The van der Waals surface area contributed by atoms with Crippen LogP contribution in [0.1, 0.15) is 57.4 Å². The van der Waals surface area contributed by atoms with Crippen molar-refractivity contribution in [3.05, 3.63) is 66.5 Å². The average molecular weight is 521 g/mol. The maximum atomic E-state index is 13.9. The summed E-state index contributed by atoms with van der Waals surface area (Å²) < 4.78 is 0. The van der Waals surface area contributed by atoms with E-state index in [0.717, 1.165) is 85.9 Å². The standard InChI is InChI=1S/C33H36N4O2/c1-22(29-13-17-36(21-29)31(38)25-8-9-25)20-37-30(35-33(32(37)39)14-2-3-15-33)24-6-4-23(5-7-24)26-10-11-28-19-34-16-12-27(28)18-26/h4-7,10-12,16,18-19,22,25,29H,2-3,8-9,13-15,17,20-21H2,1H3. The van der Waals surface area contributed by atoms with E-state index in [9.17, 15) is 9.59 Å². The van der Waals surface area contributed by atoms with Gasteiger partial charge in [-0.25, -0.2) is 0 Å². The van der Waals surface area contributed by atoms with E-state index in [4.69, 9.17) is 4.99 Å². The fourth-order valence-electron chi connectivity index (χ4n) is 6.89. The molecule has 6 nitrogen and oxygen atoms in total. The van der Waals surface area contributed by atoms with Gasteiger partial charge in [-0.15, -0.1) is 0 Å². The van der Waals surface area contributed by atoms with Gasteiger partial charge >= 0.3 is 0 Å². The number of aromatic nitrogens is 1. The van der Waals surface area contributed by atoms with Crippen molar-refractivity contribution in [3.8, 4) is 11.1 Å². The second-order valence-corrected chi connectivity index (χ2v) is 12.2. The Kier molecular flexibility index (Phi) is 6.02. The molecule has 0 N–H and O–H groups in total. The second-order valence-electron chi connectivity index (χ2n) is 12.2. The van der Waals surface area contributed by atoms with Crippen molar-refractivity contribution >= 4 is 28.4 Å². The third-order valence-corrected chi connectivity index (χ3v) is 9.50. The third kappa shape index (κ3) is 4.44. The van der Waals surface area contributed by atoms with E-state index in [2.05, 4.69) is 59.3 Å². The van der Waals surface area contributed by atoms with Crippen LogP contribution in [0.3, 0.4) is 0 Å². The highest BCUT2D eigenvalue weighted by Gasteiger charge is 2.50. The lowest BCUT2D eigenvalue weighted by atomic mass is 9.91. The van der Waals surface area contributed by atoms with Crippen LogP contribution in [-0.2, 0) is 9.59 Å². The molecule has 200 valence electrons. The van der Waals surface area contributed by atoms with Gasteiger partial charge in [0.2, 0.25) is 5.91 Å². The Morgan fingerprint density at radius 2 is 1.72 bits per heavy atom. The number of carbonyl (C=O) groups excluding carboxylic acids is 2. The molecule has 7 rings (SSSR count).